The van der Waals surface area contributed by atoms with Crippen LogP contribution in [0.5, 0.6) is 0 Å². The number of halogens is 2. The standard InChI is InChI=1S/C21H23Cl2N3O2/c1-27-7-6-26-20(15-3-4-16-12-28-13-17(16)9-15)11-25-21(26)24-10-14-2-5-18(22)19(23)8-14/h2-5,8-9,11,21,24-25H,6-7,10,12-13H2,1H3/t21-/m0/s1. The van der Waals surface area contributed by atoms with Crippen LogP contribution >= 0.6 is 23.2 Å². The van der Waals surface area contributed by atoms with Gasteiger partial charge in [0, 0.05) is 26.4 Å². The van der Waals surface area contributed by atoms with Crippen LogP contribution in [0.2, 0.25) is 10.0 Å². The van der Waals surface area contributed by atoms with Crippen LogP contribution in [0.3, 0.4) is 0 Å². The Hall–Kier alpha value is -1.76. The van der Waals surface area contributed by atoms with Crippen LogP contribution in [-0.2, 0) is 29.2 Å². The molecule has 0 fully saturated rings. The molecule has 0 saturated carbocycles. The Morgan fingerprint density at radius 2 is 2.00 bits per heavy atom. The van der Waals surface area contributed by atoms with Gasteiger partial charge in [-0.05, 0) is 40.5 Å². The molecule has 5 nitrogen and oxygen atoms in total. The van der Waals surface area contributed by atoms with Crippen molar-refractivity contribution < 1.29 is 9.47 Å². The van der Waals surface area contributed by atoms with E-state index in [1.807, 2.05) is 18.2 Å². The van der Waals surface area contributed by atoms with Gasteiger partial charge in [0.1, 0.15) is 0 Å². The van der Waals surface area contributed by atoms with Crippen LogP contribution in [0.1, 0.15) is 22.3 Å². The predicted molar refractivity (Wildman–Crippen MR) is 112 cm³/mol. The average molecular weight is 420 g/mol. The number of hydrogen-bond donors (Lipinski definition) is 2. The van der Waals surface area contributed by atoms with E-state index in [0.29, 0.717) is 36.4 Å². The molecule has 148 valence electrons. The van der Waals surface area contributed by atoms with Crippen LogP contribution in [-0.4, -0.2) is 31.5 Å². The molecule has 0 amide bonds. The molecule has 0 bridgehead atoms. The Morgan fingerprint density at radius 1 is 1.14 bits per heavy atom. The van der Waals surface area contributed by atoms with Crippen molar-refractivity contribution in [2.45, 2.75) is 26.0 Å². The SMILES string of the molecule is COCCN1C(c2ccc3c(c2)COC3)=CN[C@@H]1NCc1ccc(Cl)c(Cl)c1. The molecule has 2 N–H and O–H groups in total. The molecule has 0 aromatic heterocycles. The molecular formula is C21H23Cl2N3O2. The third-order valence-corrected chi connectivity index (χ3v) is 5.78. The van der Waals surface area contributed by atoms with Crippen molar-refractivity contribution in [2.24, 2.45) is 0 Å². The lowest BCUT2D eigenvalue weighted by atomic mass is 10.0. The number of benzene rings is 2. The van der Waals surface area contributed by atoms with E-state index in [0.717, 1.165) is 17.8 Å². The molecule has 2 heterocycles. The molecule has 4 rings (SSSR count). The summed E-state index contributed by atoms with van der Waals surface area (Å²) in [4.78, 5) is 2.28. The van der Waals surface area contributed by atoms with Crippen molar-refractivity contribution in [1.82, 2.24) is 15.5 Å². The molecule has 0 saturated heterocycles. The highest BCUT2D eigenvalue weighted by molar-refractivity contribution is 6.42. The third kappa shape index (κ3) is 4.14. The smallest absolute Gasteiger partial charge is 0.155 e. The molecule has 0 aliphatic carbocycles. The van der Waals surface area contributed by atoms with E-state index < -0.39 is 0 Å². The summed E-state index contributed by atoms with van der Waals surface area (Å²) in [5.74, 6) is 0. The van der Waals surface area contributed by atoms with Gasteiger partial charge in [0.05, 0.1) is 35.6 Å². The molecule has 2 aromatic carbocycles. The summed E-state index contributed by atoms with van der Waals surface area (Å²) in [6.07, 6.45) is 2.02. The predicted octanol–water partition coefficient (Wildman–Crippen LogP) is 3.95. The molecule has 28 heavy (non-hydrogen) atoms. The van der Waals surface area contributed by atoms with Crippen molar-refractivity contribution >= 4 is 28.9 Å². The summed E-state index contributed by atoms with van der Waals surface area (Å²) in [6.45, 7) is 3.45. The number of fused-ring (bicyclic) bond motifs is 1. The van der Waals surface area contributed by atoms with Gasteiger partial charge in [-0.25, -0.2) is 0 Å². The molecule has 0 radical (unpaired) electrons. The molecule has 2 aliphatic heterocycles. The first-order valence-electron chi connectivity index (χ1n) is 9.25. The van der Waals surface area contributed by atoms with Gasteiger partial charge in [-0.1, -0.05) is 41.4 Å². The number of nitrogens with zero attached hydrogens (tertiary/aromatic N) is 1. The van der Waals surface area contributed by atoms with Gasteiger partial charge in [-0.2, -0.15) is 0 Å². The molecule has 2 aromatic rings. The Labute approximate surface area is 175 Å². The largest absolute Gasteiger partial charge is 0.383 e. The van der Waals surface area contributed by atoms with Gasteiger partial charge < -0.3 is 19.7 Å². The second-order valence-electron chi connectivity index (χ2n) is 6.89. The molecule has 7 heteroatoms. The molecule has 0 unspecified atom stereocenters. The lowest BCUT2D eigenvalue weighted by Gasteiger charge is -2.30. The molecule has 1 atom stereocenters. The van der Waals surface area contributed by atoms with Crippen LogP contribution < -0.4 is 10.6 Å². The van der Waals surface area contributed by atoms with Gasteiger partial charge >= 0.3 is 0 Å². The first-order valence-corrected chi connectivity index (χ1v) is 10.0. The summed E-state index contributed by atoms with van der Waals surface area (Å²) in [7, 11) is 1.72. The molecule has 0 spiro atoms. The van der Waals surface area contributed by atoms with Crippen LogP contribution in [0.4, 0.5) is 0 Å². The lowest BCUT2D eigenvalue weighted by molar-refractivity contribution is 0.134. The van der Waals surface area contributed by atoms with E-state index in [1.54, 1.807) is 7.11 Å². The number of hydrogen-bond acceptors (Lipinski definition) is 5. The zero-order chi connectivity index (χ0) is 19.5. The van der Waals surface area contributed by atoms with E-state index in [1.165, 1.54) is 16.7 Å². The number of rotatable bonds is 7. The van der Waals surface area contributed by atoms with Crippen LogP contribution in [0.25, 0.3) is 5.70 Å². The summed E-state index contributed by atoms with van der Waals surface area (Å²) in [6, 6.07) is 12.2. The average Bonchev–Trinajstić information content (AvgIpc) is 3.33. The fourth-order valence-corrected chi connectivity index (χ4v) is 3.84. The van der Waals surface area contributed by atoms with Crippen LogP contribution in [0.15, 0.2) is 42.6 Å². The van der Waals surface area contributed by atoms with Crippen molar-refractivity contribution in [3.63, 3.8) is 0 Å². The maximum Gasteiger partial charge on any atom is 0.155 e. The Morgan fingerprint density at radius 3 is 2.82 bits per heavy atom. The van der Waals surface area contributed by atoms with Crippen LogP contribution in [0, 0.1) is 0 Å². The number of nitrogens with one attached hydrogen (secondary N) is 2. The Kier molecular flexibility index (Phi) is 6.09. The summed E-state index contributed by atoms with van der Waals surface area (Å²) in [5.41, 5.74) is 5.92. The zero-order valence-electron chi connectivity index (χ0n) is 15.7. The van der Waals surface area contributed by atoms with E-state index >= 15 is 0 Å². The lowest BCUT2D eigenvalue weighted by Crippen LogP contribution is -2.48. The first-order chi connectivity index (χ1) is 13.7. The van der Waals surface area contributed by atoms with Crippen molar-refractivity contribution in [1.29, 1.82) is 0 Å². The van der Waals surface area contributed by atoms with Gasteiger partial charge in [-0.3, -0.25) is 5.32 Å². The topological polar surface area (TPSA) is 45.8 Å². The van der Waals surface area contributed by atoms with E-state index in [9.17, 15) is 0 Å². The highest BCUT2D eigenvalue weighted by Crippen LogP contribution is 2.29. The van der Waals surface area contributed by atoms with Gasteiger partial charge in [0.25, 0.3) is 0 Å². The molecular weight excluding hydrogens is 397 g/mol. The minimum absolute atomic E-state index is 0.0379. The minimum atomic E-state index is -0.0379. The highest BCUT2D eigenvalue weighted by Gasteiger charge is 2.27. The minimum Gasteiger partial charge on any atom is -0.383 e. The van der Waals surface area contributed by atoms with Gasteiger partial charge in [-0.15, -0.1) is 0 Å². The summed E-state index contributed by atoms with van der Waals surface area (Å²) < 4.78 is 10.9. The van der Waals surface area contributed by atoms with Crippen molar-refractivity contribution in [3.05, 3.63) is 74.9 Å². The molecule has 2 aliphatic rings. The fourth-order valence-electron chi connectivity index (χ4n) is 3.52. The summed E-state index contributed by atoms with van der Waals surface area (Å²) >= 11 is 12.1. The monoisotopic (exact) mass is 419 g/mol. The number of methoxy groups -OCH3 is 1. The van der Waals surface area contributed by atoms with E-state index in [2.05, 4.69) is 39.9 Å². The second-order valence-corrected chi connectivity index (χ2v) is 7.71. The quantitative estimate of drug-likeness (QED) is 0.711. The fraction of sp³-hybridized carbons (Fsp3) is 0.333. The number of ether oxygens (including phenoxy) is 2. The van der Waals surface area contributed by atoms with E-state index in [4.69, 9.17) is 32.7 Å². The van der Waals surface area contributed by atoms with Gasteiger partial charge in [0.2, 0.25) is 0 Å². The Bertz CT molecular complexity index is 888. The normalized spacial score (nSPS) is 18.2. The van der Waals surface area contributed by atoms with Gasteiger partial charge in [0.15, 0.2) is 6.29 Å². The third-order valence-electron chi connectivity index (χ3n) is 5.04. The zero-order valence-corrected chi connectivity index (χ0v) is 17.2. The first kappa shape index (κ1) is 19.6. The van der Waals surface area contributed by atoms with Crippen molar-refractivity contribution in [3.8, 4) is 0 Å². The highest BCUT2D eigenvalue weighted by atomic mass is 35.5. The summed E-state index contributed by atoms with van der Waals surface area (Å²) in [5, 5.41) is 8.10. The maximum absolute atomic E-state index is 6.13. The van der Waals surface area contributed by atoms with E-state index in [-0.39, 0.29) is 6.29 Å². The Balaban J connectivity index is 1.48. The maximum atomic E-state index is 6.13. The second kappa shape index (κ2) is 8.72. The van der Waals surface area contributed by atoms with Crippen molar-refractivity contribution in [2.75, 3.05) is 20.3 Å².